The molecule has 1 amide bonds. The highest BCUT2D eigenvalue weighted by Gasteiger charge is 2.44. The second kappa shape index (κ2) is 11.3. The van der Waals surface area contributed by atoms with Crippen LogP contribution < -0.4 is 10.5 Å². The minimum Gasteiger partial charge on any atom is -0.435 e. The Morgan fingerprint density at radius 1 is 1.03 bits per heavy atom. The maximum absolute atomic E-state index is 12.7. The van der Waals surface area contributed by atoms with Crippen molar-refractivity contribution in [3.8, 4) is 5.75 Å². The van der Waals surface area contributed by atoms with Gasteiger partial charge in [0.05, 0.1) is 0 Å². The Balaban J connectivity index is 0.00000306. The molecule has 0 bridgehead atoms. The van der Waals surface area contributed by atoms with E-state index in [4.69, 9.17) is 5.73 Å². The molecule has 180 valence electrons. The zero-order valence-corrected chi connectivity index (χ0v) is 19.5. The summed E-state index contributed by atoms with van der Waals surface area (Å²) in [6.07, 6.45) is 3.54. The molecule has 2 N–H and O–H groups in total. The van der Waals surface area contributed by atoms with E-state index in [2.05, 4.69) is 21.8 Å². The Kier molecular flexibility index (Phi) is 8.68. The number of carbonyl (C=O) groups is 1. The van der Waals surface area contributed by atoms with E-state index in [9.17, 15) is 13.6 Å². The second-order valence-electron chi connectivity index (χ2n) is 9.10. The number of hydrogen-bond donors (Lipinski definition) is 1. The Hall–Kier alpha value is -2.22. The summed E-state index contributed by atoms with van der Waals surface area (Å²) in [4.78, 5) is 17.1. The Labute approximate surface area is 200 Å². The van der Waals surface area contributed by atoms with E-state index in [1.807, 2.05) is 23.1 Å². The van der Waals surface area contributed by atoms with Crippen LogP contribution in [0.5, 0.6) is 5.75 Å². The zero-order valence-electron chi connectivity index (χ0n) is 18.7. The molecule has 2 aliphatic heterocycles. The van der Waals surface area contributed by atoms with Crippen molar-refractivity contribution in [2.75, 3.05) is 26.2 Å². The highest BCUT2D eigenvalue weighted by atomic mass is 35.5. The quantitative estimate of drug-likeness (QED) is 0.600. The van der Waals surface area contributed by atoms with Crippen LogP contribution >= 0.6 is 12.4 Å². The molecular formula is C25H32ClF2N3O2. The molecule has 2 aromatic rings. The molecule has 2 aromatic carbocycles. The van der Waals surface area contributed by atoms with E-state index in [0.717, 1.165) is 51.0 Å². The number of nitrogens with two attached hydrogens (primary N) is 1. The van der Waals surface area contributed by atoms with Crippen molar-refractivity contribution in [3.05, 3.63) is 65.7 Å². The van der Waals surface area contributed by atoms with Crippen molar-refractivity contribution in [3.63, 3.8) is 0 Å². The molecule has 0 radical (unpaired) electrons. The van der Waals surface area contributed by atoms with Crippen molar-refractivity contribution in [2.45, 2.75) is 44.9 Å². The number of halogens is 3. The minimum absolute atomic E-state index is 0. The summed E-state index contributed by atoms with van der Waals surface area (Å²) < 4.78 is 29.0. The average molecular weight is 480 g/mol. The summed E-state index contributed by atoms with van der Waals surface area (Å²) in [6.45, 7) is 1.38. The molecule has 2 fully saturated rings. The molecule has 0 aromatic heterocycles. The lowest BCUT2D eigenvalue weighted by molar-refractivity contribution is -0.128. The number of carbonyl (C=O) groups excluding carboxylic acids is 1. The summed E-state index contributed by atoms with van der Waals surface area (Å²) in [5.74, 6) is 0.310. The van der Waals surface area contributed by atoms with Crippen LogP contribution in [0.1, 0.15) is 42.9 Å². The second-order valence-corrected chi connectivity index (χ2v) is 9.10. The van der Waals surface area contributed by atoms with Gasteiger partial charge in [0.15, 0.2) is 0 Å². The van der Waals surface area contributed by atoms with Crippen LogP contribution in [0, 0.1) is 5.41 Å². The van der Waals surface area contributed by atoms with E-state index in [1.54, 1.807) is 12.1 Å². The number of alkyl halides is 2. The largest absolute Gasteiger partial charge is 0.435 e. The van der Waals surface area contributed by atoms with Crippen LogP contribution in [0.15, 0.2) is 54.6 Å². The first-order valence-corrected chi connectivity index (χ1v) is 11.3. The lowest BCUT2D eigenvalue weighted by atomic mass is 9.77. The fourth-order valence-corrected chi connectivity index (χ4v) is 4.90. The molecule has 0 unspecified atom stereocenters. The molecule has 2 saturated heterocycles. The van der Waals surface area contributed by atoms with Crippen molar-refractivity contribution >= 4 is 18.3 Å². The average Bonchev–Trinajstić information content (AvgIpc) is 3.09. The van der Waals surface area contributed by atoms with Crippen LogP contribution in [0.25, 0.3) is 0 Å². The highest BCUT2D eigenvalue weighted by molar-refractivity contribution is 5.85. The first-order chi connectivity index (χ1) is 15.4. The third-order valence-electron chi connectivity index (χ3n) is 6.83. The summed E-state index contributed by atoms with van der Waals surface area (Å²) >= 11 is 0. The number of rotatable bonds is 8. The number of piperidine rings is 1. The van der Waals surface area contributed by atoms with Gasteiger partial charge in [0.1, 0.15) is 5.75 Å². The van der Waals surface area contributed by atoms with Crippen molar-refractivity contribution < 1.29 is 18.3 Å². The SMILES string of the molecule is Cl.N[C@@H](CCN1CCC2(CC1)CC(=O)N(Cc1ccc(OC(F)F)cc1)C2)c1ccccc1. The topological polar surface area (TPSA) is 58.8 Å². The van der Waals surface area contributed by atoms with Crippen LogP contribution in [0.3, 0.4) is 0 Å². The van der Waals surface area contributed by atoms with Gasteiger partial charge in [-0.05, 0) is 67.6 Å². The van der Waals surface area contributed by atoms with Crippen LogP contribution in [0.2, 0.25) is 0 Å². The van der Waals surface area contributed by atoms with Gasteiger partial charge in [-0.2, -0.15) is 8.78 Å². The molecule has 1 atom stereocenters. The zero-order chi connectivity index (χ0) is 22.6. The van der Waals surface area contributed by atoms with Crippen molar-refractivity contribution in [1.82, 2.24) is 9.80 Å². The third-order valence-corrected chi connectivity index (χ3v) is 6.83. The predicted octanol–water partition coefficient (Wildman–Crippen LogP) is 4.61. The summed E-state index contributed by atoms with van der Waals surface area (Å²) in [7, 11) is 0. The molecule has 0 saturated carbocycles. The van der Waals surface area contributed by atoms with Gasteiger partial charge in [0.25, 0.3) is 0 Å². The minimum atomic E-state index is -2.83. The first-order valence-electron chi connectivity index (χ1n) is 11.3. The number of hydrogen-bond acceptors (Lipinski definition) is 4. The van der Waals surface area contributed by atoms with Gasteiger partial charge < -0.3 is 20.3 Å². The molecule has 33 heavy (non-hydrogen) atoms. The molecule has 5 nitrogen and oxygen atoms in total. The maximum Gasteiger partial charge on any atom is 0.387 e. The molecular weight excluding hydrogens is 448 g/mol. The molecule has 4 rings (SSSR count). The van der Waals surface area contributed by atoms with Gasteiger partial charge in [0.2, 0.25) is 5.91 Å². The standard InChI is InChI=1S/C25H31F2N3O2.ClH/c26-24(27)32-21-8-6-19(7-9-21)17-30-18-25(16-23(30)31)11-14-29(15-12-25)13-10-22(28)20-4-2-1-3-5-20;/h1-9,22,24H,10-18,28H2;1H/t22-;/m0./s1. The number of benzene rings is 2. The van der Waals surface area contributed by atoms with Gasteiger partial charge in [-0.1, -0.05) is 42.5 Å². The lowest BCUT2D eigenvalue weighted by Crippen LogP contribution is -2.42. The van der Waals surface area contributed by atoms with Crippen LogP contribution in [-0.4, -0.2) is 48.5 Å². The van der Waals surface area contributed by atoms with E-state index < -0.39 is 6.61 Å². The van der Waals surface area contributed by atoms with Crippen molar-refractivity contribution in [2.24, 2.45) is 11.1 Å². The van der Waals surface area contributed by atoms with E-state index in [0.29, 0.717) is 13.0 Å². The maximum atomic E-state index is 12.7. The highest BCUT2D eigenvalue weighted by Crippen LogP contribution is 2.41. The predicted molar refractivity (Wildman–Crippen MR) is 126 cm³/mol. The van der Waals surface area contributed by atoms with Gasteiger partial charge in [-0.25, -0.2) is 0 Å². The fraction of sp³-hybridized carbons (Fsp3) is 0.480. The van der Waals surface area contributed by atoms with Crippen molar-refractivity contribution in [1.29, 1.82) is 0 Å². The van der Waals surface area contributed by atoms with Gasteiger partial charge >= 0.3 is 6.61 Å². The van der Waals surface area contributed by atoms with E-state index >= 15 is 0 Å². The third kappa shape index (κ3) is 6.65. The molecule has 2 heterocycles. The normalized spacial score (nSPS) is 19.0. The molecule has 2 aliphatic rings. The molecule has 8 heteroatoms. The smallest absolute Gasteiger partial charge is 0.387 e. The Morgan fingerprint density at radius 3 is 2.33 bits per heavy atom. The first kappa shape index (κ1) is 25.4. The van der Waals surface area contributed by atoms with Crippen LogP contribution in [0.4, 0.5) is 8.78 Å². The number of ether oxygens (including phenoxy) is 1. The summed E-state index contributed by atoms with van der Waals surface area (Å²) in [5.41, 5.74) is 8.49. The van der Waals surface area contributed by atoms with Gasteiger partial charge in [-0.3, -0.25) is 4.79 Å². The van der Waals surface area contributed by atoms with Gasteiger partial charge in [0, 0.05) is 25.6 Å². The number of likely N-dealkylation sites (tertiary alicyclic amines) is 2. The Bertz CT molecular complexity index is 890. The fourth-order valence-electron chi connectivity index (χ4n) is 4.90. The monoisotopic (exact) mass is 479 g/mol. The molecule has 0 aliphatic carbocycles. The Morgan fingerprint density at radius 2 is 1.70 bits per heavy atom. The number of amides is 1. The van der Waals surface area contributed by atoms with E-state index in [-0.39, 0.29) is 35.5 Å². The van der Waals surface area contributed by atoms with Crippen LogP contribution in [-0.2, 0) is 11.3 Å². The summed E-state index contributed by atoms with van der Waals surface area (Å²) in [6, 6.07) is 16.8. The summed E-state index contributed by atoms with van der Waals surface area (Å²) in [5, 5.41) is 0. The molecule has 1 spiro atoms. The van der Waals surface area contributed by atoms with E-state index in [1.165, 1.54) is 17.7 Å². The van der Waals surface area contributed by atoms with Gasteiger partial charge in [-0.15, -0.1) is 12.4 Å². The lowest BCUT2D eigenvalue weighted by Gasteiger charge is -2.39. The number of nitrogens with zero attached hydrogens (tertiary/aromatic N) is 2.